The van der Waals surface area contributed by atoms with Crippen LogP contribution in [0.15, 0.2) is 18.2 Å². The topological polar surface area (TPSA) is 29.5 Å². The summed E-state index contributed by atoms with van der Waals surface area (Å²) in [5, 5.41) is 9.46. The van der Waals surface area contributed by atoms with E-state index in [4.69, 9.17) is 4.74 Å². The van der Waals surface area contributed by atoms with Crippen molar-refractivity contribution in [3.05, 3.63) is 23.8 Å². The maximum Gasteiger partial charge on any atom is 0.160 e. The van der Waals surface area contributed by atoms with Crippen LogP contribution in [-0.4, -0.2) is 12.2 Å². The molecule has 0 radical (unpaired) electrons. The van der Waals surface area contributed by atoms with Gasteiger partial charge in [-0.2, -0.15) is 0 Å². The van der Waals surface area contributed by atoms with E-state index in [2.05, 4.69) is 11.8 Å². The van der Waals surface area contributed by atoms with Crippen molar-refractivity contribution in [3.63, 3.8) is 0 Å². The van der Waals surface area contributed by atoms with Crippen LogP contribution in [-0.2, 0) is 0 Å². The fourth-order valence-electron chi connectivity index (χ4n) is 0.995. The summed E-state index contributed by atoms with van der Waals surface area (Å²) < 4.78 is 4.93. The van der Waals surface area contributed by atoms with Gasteiger partial charge in [0.05, 0.1) is 7.11 Å². The van der Waals surface area contributed by atoms with Gasteiger partial charge < -0.3 is 9.84 Å². The van der Waals surface area contributed by atoms with Crippen molar-refractivity contribution >= 4 is 0 Å². The minimum absolute atomic E-state index is 0.128. The van der Waals surface area contributed by atoms with E-state index in [0.717, 1.165) is 5.56 Å². The molecular weight excluding hydrogens is 176 g/mol. The molecule has 1 rings (SSSR count). The van der Waals surface area contributed by atoms with Crippen molar-refractivity contribution in [2.45, 2.75) is 13.8 Å². The molecule has 0 saturated carbocycles. The Bertz CT molecular complexity index is 370. The van der Waals surface area contributed by atoms with E-state index >= 15 is 0 Å². The summed E-state index contributed by atoms with van der Waals surface area (Å²) in [6, 6.07) is 5.14. The van der Waals surface area contributed by atoms with E-state index in [1.807, 2.05) is 19.9 Å². The van der Waals surface area contributed by atoms with E-state index < -0.39 is 0 Å². The van der Waals surface area contributed by atoms with Gasteiger partial charge in [-0.25, -0.2) is 0 Å². The molecule has 0 aromatic heterocycles. The number of aromatic hydroxyl groups is 1. The van der Waals surface area contributed by atoms with Gasteiger partial charge in [-0.1, -0.05) is 25.7 Å². The number of benzene rings is 1. The number of phenolic OH excluding ortho intramolecular Hbond substituents is 1. The molecule has 0 aliphatic rings. The van der Waals surface area contributed by atoms with Gasteiger partial charge >= 0.3 is 0 Å². The molecule has 0 fully saturated rings. The standard InChI is InChI=1S/C12H14O2/c1-9(2)4-5-10-6-7-12(14-3)11(13)8-10/h6-9,13H,1-3H3. The second kappa shape index (κ2) is 4.57. The fourth-order valence-corrected chi connectivity index (χ4v) is 0.995. The van der Waals surface area contributed by atoms with Crippen molar-refractivity contribution in [1.82, 2.24) is 0 Å². The Balaban J connectivity index is 2.94. The van der Waals surface area contributed by atoms with Gasteiger partial charge in [-0.05, 0) is 18.2 Å². The first kappa shape index (κ1) is 10.5. The molecule has 0 amide bonds. The molecule has 0 aliphatic heterocycles. The lowest BCUT2D eigenvalue weighted by molar-refractivity contribution is 0.373. The van der Waals surface area contributed by atoms with Gasteiger partial charge in [0.15, 0.2) is 11.5 Å². The van der Waals surface area contributed by atoms with Crippen LogP contribution in [0.4, 0.5) is 0 Å². The van der Waals surface area contributed by atoms with Crippen LogP contribution in [0.1, 0.15) is 19.4 Å². The van der Waals surface area contributed by atoms with Gasteiger partial charge in [0.1, 0.15) is 0 Å². The highest BCUT2D eigenvalue weighted by molar-refractivity contribution is 5.47. The zero-order valence-corrected chi connectivity index (χ0v) is 8.66. The lowest BCUT2D eigenvalue weighted by Gasteiger charge is -2.02. The number of hydrogen-bond donors (Lipinski definition) is 1. The van der Waals surface area contributed by atoms with Gasteiger partial charge in [-0.15, -0.1) is 0 Å². The second-order valence-corrected chi connectivity index (χ2v) is 3.31. The van der Waals surface area contributed by atoms with E-state index in [0.29, 0.717) is 11.7 Å². The van der Waals surface area contributed by atoms with Crippen molar-refractivity contribution in [2.24, 2.45) is 5.92 Å². The molecule has 0 unspecified atom stereocenters. The average Bonchev–Trinajstić information content (AvgIpc) is 2.15. The summed E-state index contributed by atoms with van der Waals surface area (Å²) in [5.74, 6) is 6.93. The molecule has 0 atom stereocenters. The smallest absolute Gasteiger partial charge is 0.160 e. The normalized spacial score (nSPS) is 9.43. The first-order chi connectivity index (χ1) is 6.63. The predicted molar refractivity (Wildman–Crippen MR) is 56.4 cm³/mol. The highest BCUT2D eigenvalue weighted by Crippen LogP contribution is 2.25. The Morgan fingerprint density at radius 2 is 2.07 bits per heavy atom. The average molecular weight is 190 g/mol. The molecule has 0 bridgehead atoms. The quantitative estimate of drug-likeness (QED) is 0.689. The molecule has 1 N–H and O–H groups in total. The monoisotopic (exact) mass is 190 g/mol. The Morgan fingerprint density at radius 3 is 2.57 bits per heavy atom. The maximum absolute atomic E-state index is 9.46. The predicted octanol–water partition coefficient (Wildman–Crippen LogP) is 2.41. The lowest BCUT2D eigenvalue weighted by Crippen LogP contribution is -1.84. The van der Waals surface area contributed by atoms with Crippen molar-refractivity contribution in [2.75, 3.05) is 7.11 Å². The van der Waals surface area contributed by atoms with Crippen LogP contribution in [0.3, 0.4) is 0 Å². The van der Waals surface area contributed by atoms with Gasteiger partial charge in [-0.3, -0.25) is 0 Å². The molecule has 74 valence electrons. The molecule has 0 spiro atoms. The first-order valence-electron chi connectivity index (χ1n) is 4.52. The molecule has 0 aliphatic carbocycles. The summed E-state index contributed by atoms with van der Waals surface area (Å²) in [4.78, 5) is 0. The van der Waals surface area contributed by atoms with Crippen molar-refractivity contribution in [3.8, 4) is 23.3 Å². The fraction of sp³-hybridized carbons (Fsp3) is 0.333. The molecule has 14 heavy (non-hydrogen) atoms. The third-order valence-corrected chi connectivity index (χ3v) is 1.68. The zero-order chi connectivity index (χ0) is 10.6. The highest BCUT2D eigenvalue weighted by atomic mass is 16.5. The molecule has 1 aromatic rings. The number of phenols is 1. The zero-order valence-electron chi connectivity index (χ0n) is 8.66. The van der Waals surface area contributed by atoms with Crippen molar-refractivity contribution in [1.29, 1.82) is 0 Å². The van der Waals surface area contributed by atoms with E-state index in [1.54, 1.807) is 12.1 Å². The Hall–Kier alpha value is -1.62. The van der Waals surface area contributed by atoms with Gasteiger partial charge in [0, 0.05) is 11.5 Å². The minimum Gasteiger partial charge on any atom is -0.504 e. The second-order valence-electron chi connectivity index (χ2n) is 3.31. The summed E-state index contributed by atoms with van der Waals surface area (Å²) in [5.41, 5.74) is 0.803. The number of methoxy groups -OCH3 is 1. The van der Waals surface area contributed by atoms with Crippen LogP contribution in [0, 0.1) is 17.8 Å². The molecular formula is C12H14O2. The van der Waals surface area contributed by atoms with Gasteiger partial charge in [0.25, 0.3) is 0 Å². The molecule has 0 saturated heterocycles. The van der Waals surface area contributed by atoms with Gasteiger partial charge in [0.2, 0.25) is 0 Å². The van der Waals surface area contributed by atoms with E-state index in [9.17, 15) is 5.11 Å². The summed E-state index contributed by atoms with van der Waals surface area (Å²) in [7, 11) is 1.52. The largest absolute Gasteiger partial charge is 0.504 e. The summed E-state index contributed by atoms with van der Waals surface area (Å²) in [6.07, 6.45) is 0. The SMILES string of the molecule is COc1ccc(C#CC(C)C)cc1O. The number of rotatable bonds is 1. The van der Waals surface area contributed by atoms with E-state index in [1.165, 1.54) is 7.11 Å². The van der Waals surface area contributed by atoms with Crippen LogP contribution in [0.25, 0.3) is 0 Å². The van der Waals surface area contributed by atoms with Crippen LogP contribution in [0.2, 0.25) is 0 Å². The van der Waals surface area contributed by atoms with Crippen molar-refractivity contribution < 1.29 is 9.84 Å². The Morgan fingerprint density at radius 1 is 1.36 bits per heavy atom. The Kier molecular flexibility index (Phi) is 3.41. The maximum atomic E-state index is 9.46. The summed E-state index contributed by atoms with van der Waals surface area (Å²) in [6.45, 7) is 4.05. The number of ether oxygens (including phenoxy) is 1. The van der Waals surface area contributed by atoms with E-state index in [-0.39, 0.29) is 5.75 Å². The van der Waals surface area contributed by atoms with Crippen LogP contribution < -0.4 is 4.74 Å². The minimum atomic E-state index is 0.128. The number of hydrogen-bond acceptors (Lipinski definition) is 2. The molecule has 2 heteroatoms. The summed E-state index contributed by atoms with van der Waals surface area (Å²) >= 11 is 0. The molecule has 1 aromatic carbocycles. The molecule has 2 nitrogen and oxygen atoms in total. The van der Waals surface area contributed by atoms with Crippen LogP contribution in [0.5, 0.6) is 11.5 Å². The lowest BCUT2D eigenvalue weighted by atomic mass is 10.1. The third kappa shape index (κ3) is 2.70. The first-order valence-corrected chi connectivity index (χ1v) is 4.52. The Labute approximate surface area is 84.5 Å². The third-order valence-electron chi connectivity index (χ3n) is 1.68. The van der Waals surface area contributed by atoms with Crippen LogP contribution >= 0.6 is 0 Å². The molecule has 0 heterocycles. The highest BCUT2D eigenvalue weighted by Gasteiger charge is 1.99.